The van der Waals surface area contributed by atoms with Crippen LogP contribution in [0, 0.1) is 0 Å². The molecule has 0 atom stereocenters. The number of rotatable bonds is 17. The van der Waals surface area contributed by atoms with Crippen molar-refractivity contribution in [2.75, 3.05) is 116 Å². The van der Waals surface area contributed by atoms with Crippen LogP contribution in [0.1, 0.15) is 25.3 Å². The molecule has 0 spiro atoms. The Balaban J connectivity index is 0.860. The number of fused-ring (bicyclic) bond motifs is 2. The number of piperazine rings is 2. The van der Waals surface area contributed by atoms with E-state index in [0.29, 0.717) is 57.7 Å². The van der Waals surface area contributed by atoms with Gasteiger partial charge in [-0.15, -0.1) is 0 Å². The lowest BCUT2D eigenvalue weighted by Gasteiger charge is -2.36. The highest BCUT2D eigenvalue weighted by molar-refractivity contribution is 6.32. The Morgan fingerprint density at radius 1 is 0.557 bits per heavy atom. The quantitative estimate of drug-likeness (QED) is 0.0516. The maximum Gasteiger partial charge on any atom is 0.228 e. The molecule has 6 heterocycles. The predicted molar refractivity (Wildman–Crippen MR) is 253 cm³/mol. The van der Waals surface area contributed by atoms with E-state index in [9.17, 15) is 0 Å². The van der Waals surface area contributed by atoms with Gasteiger partial charge in [0.2, 0.25) is 11.9 Å². The maximum absolute atomic E-state index is 7.05. The zero-order valence-corrected chi connectivity index (χ0v) is 37.2. The minimum atomic E-state index is 0.403. The molecule has 6 aromatic rings. The van der Waals surface area contributed by atoms with E-state index < -0.39 is 0 Å². The first-order valence-electron chi connectivity index (χ1n) is 20.9. The minimum absolute atomic E-state index is 0.403. The SMILES string of the molecule is CCN1CCN(c2nc(Cl)c(CN3CCN(c4nc(Cl)cc(NCCCNc5ccnc6cc(Cl)ccc56)n4)CC3)c(NCCCNc3ccnc4cc(Cl)ccc34)n2)CC1. The molecule has 2 fully saturated rings. The van der Waals surface area contributed by atoms with Crippen LogP contribution in [0.5, 0.6) is 0 Å². The molecule has 4 aromatic heterocycles. The number of aromatic nitrogens is 6. The third kappa shape index (κ3) is 11.0. The summed E-state index contributed by atoms with van der Waals surface area (Å²) in [7, 11) is 0. The summed E-state index contributed by atoms with van der Waals surface area (Å²) < 4.78 is 0. The molecule has 0 saturated carbocycles. The van der Waals surface area contributed by atoms with Gasteiger partial charge in [-0.05, 0) is 67.9 Å². The monoisotopic (exact) mass is 902 g/mol. The Morgan fingerprint density at radius 3 is 1.69 bits per heavy atom. The number of nitrogens with zero attached hydrogens (tertiary/aromatic N) is 10. The van der Waals surface area contributed by atoms with Crippen LogP contribution in [0.3, 0.4) is 0 Å². The number of halogens is 4. The molecule has 18 heteroatoms. The number of hydrogen-bond acceptors (Lipinski definition) is 14. The topological polar surface area (TPSA) is 138 Å². The molecule has 0 unspecified atom stereocenters. The van der Waals surface area contributed by atoms with Crippen molar-refractivity contribution in [3.63, 3.8) is 0 Å². The molecule has 0 bridgehead atoms. The van der Waals surface area contributed by atoms with E-state index in [-0.39, 0.29) is 0 Å². The number of hydrogen-bond donors (Lipinski definition) is 4. The lowest BCUT2D eigenvalue weighted by Crippen LogP contribution is -2.47. The zero-order chi connectivity index (χ0) is 42.1. The molecule has 61 heavy (non-hydrogen) atoms. The molecule has 14 nitrogen and oxygen atoms in total. The summed E-state index contributed by atoms with van der Waals surface area (Å²) in [5.74, 6) is 2.76. The van der Waals surface area contributed by atoms with Crippen molar-refractivity contribution >= 4 is 103 Å². The molecule has 0 radical (unpaired) electrons. The fourth-order valence-corrected chi connectivity index (χ4v) is 8.44. The number of anilines is 6. The van der Waals surface area contributed by atoms with Crippen LogP contribution >= 0.6 is 46.4 Å². The largest absolute Gasteiger partial charge is 0.384 e. The summed E-state index contributed by atoms with van der Waals surface area (Å²) in [6, 6.07) is 17.3. The minimum Gasteiger partial charge on any atom is -0.384 e. The second-order valence-corrected chi connectivity index (χ2v) is 16.8. The molecule has 0 amide bonds. The summed E-state index contributed by atoms with van der Waals surface area (Å²) in [4.78, 5) is 37.5. The van der Waals surface area contributed by atoms with E-state index >= 15 is 0 Å². The van der Waals surface area contributed by atoms with Crippen LogP contribution in [0.25, 0.3) is 21.8 Å². The normalized spacial score (nSPS) is 15.1. The van der Waals surface area contributed by atoms with Crippen molar-refractivity contribution in [1.29, 1.82) is 0 Å². The van der Waals surface area contributed by atoms with E-state index in [1.807, 2.05) is 48.5 Å². The van der Waals surface area contributed by atoms with Crippen LogP contribution < -0.4 is 31.1 Å². The molecule has 2 aliphatic heterocycles. The van der Waals surface area contributed by atoms with Gasteiger partial charge >= 0.3 is 0 Å². The number of likely N-dealkylation sites (N-methyl/N-ethyl adjacent to an activating group) is 1. The van der Waals surface area contributed by atoms with Crippen molar-refractivity contribution in [2.45, 2.75) is 26.3 Å². The van der Waals surface area contributed by atoms with E-state index in [0.717, 1.165) is 129 Å². The van der Waals surface area contributed by atoms with Crippen LogP contribution in [0.2, 0.25) is 20.4 Å². The third-order valence-electron chi connectivity index (χ3n) is 11.1. The number of pyridine rings is 2. The highest BCUT2D eigenvalue weighted by atomic mass is 35.5. The average Bonchev–Trinajstić information content (AvgIpc) is 3.27. The molecule has 8 rings (SSSR count). The Labute approximate surface area is 376 Å². The fraction of sp³-hybridized carbons (Fsp3) is 0.395. The molecule has 320 valence electrons. The number of benzene rings is 2. The van der Waals surface area contributed by atoms with Crippen molar-refractivity contribution < 1.29 is 0 Å². The molecule has 2 aliphatic rings. The zero-order valence-electron chi connectivity index (χ0n) is 34.1. The average molecular weight is 905 g/mol. The van der Waals surface area contributed by atoms with Crippen molar-refractivity contribution in [1.82, 2.24) is 39.7 Å². The fourth-order valence-electron chi connectivity index (χ4n) is 7.70. The molecule has 2 aromatic carbocycles. The smallest absolute Gasteiger partial charge is 0.228 e. The highest BCUT2D eigenvalue weighted by Gasteiger charge is 2.25. The van der Waals surface area contributed by atoms with Crippen molar-refractivity contribution in [3.8, 4) is 0 Å². The van der Waals surface area contributed by atoms with Gasteiger partial charge in [0.05, 0.1) is 11.0 Å². The summed E-state index contributed by atoms with van der Waals surface area (Å²) in [6.07, 6.45) is 5.32. The second kappa shape index (κ2) is 20.4. The van der Waals surface area contributed by atoms with Gasteiger partial charge < -0.3 is 36.0 Å². The molecular weight excluding hydrogens is 854 g/mol. The third-order valence-corrected chi connectivity index (χ3v) is 12.1. The summed E-state index contributed by atoms with van der Waals surface area (Å²) >= 11 is 25.9. The maximum atomic E-state index is 7.05. The summed E-state index contributed by atoms with van der Waals surface area (Å²) in [5, 5.41) is 18.5. The van der Waals surface area contributed by atoms with Crippen LogP contribution in [-0.2, 0) is 6.54 Å². The van der Waals surface area contributed by atoms with Crippen molar-refractivity contribution in [2.24, 2.45) is 0 Å². The highest BCUT2D eigenvalue weighted by Crippen LogP contribution is 2.29. The Kier molecular flexibility index (Phi) is 14.4. The Morgan fingerprint density at radius 2 is 1.10 bits per heavy atom. The standard InChI is InChI=1S/C43H50Cl4N14/c1-2-58-17-21-61(22-18-58)43-56-40(47)33(41(57-43)53-14-4-12-49-35-10-16-51-37-26-30(45)6-8-32(35)37)28-59-19-23-60(24-20-59)42-54-38(46)27-39(55-42)52-13-3-11-48-34-9-15-50-36-25-29(44)5-7-31(34)36/h5-10,15-16,25-27H,2-4,11-14,17-24,28H2,1H3,(H,48,50)(H,49,51)(H,52,54,55)(H,53,56,57). The van der Waals surface area contributed by atoms with Gasteiger partial charge in [0, 0.05) is 141 Å². The van der Waals surface area contributed by atoms with Crippen LogP contribution in [-0.4, -0.2) is 125 Å². The van der Waals surface area contributed by atoms with Gasteiger partial charge in [0.15, 0.2) is 0 Å². The summed E-state index contributed by atoms with van der Waals surface area (Å²) in [6.45, 7) is 13.5. The summed E-state index contributed by atoms with van der Waals surface area (Å²) in [5.41, 5.74) is 4.69. The van der Waals surface area contributed by atoms with E-state index in [4.69, 9.17) is 61.4 Å². The van der Waals surface area contributed by atoms with E-state index in [1.165, 1.54) is 0 Å². The van der Waals surface area contributed by atoms with Gasteiger partial charge in [-0.3, -0.25) is 14.9 Å². The molecule has 2 saturated heterocycles. The first kappa shape index (κ1) is 43.0. The van der Waals surface area contributed by atoms with E-state index in [1.54, 1.807) is 18.5 Å². The van der Waals surface area contributed by atoms with Gasteiger partial charge in [-0.2, -0.15) is 9.97 Å². The Bertz CT molecular complexity index is 2420. The van der Waals surface area contributed by atoms with Crippen LogP contribution in [0.4, 0.5) is 34.9 Å². The van der Waals surface area contributed by atoms with Gasteiger partial charge in [-0.25, -0.2) is 9.97 Å². The molecular formula is C43H50Cl4N14. The van der Waals surface area contributed by atoms with E-state index in [2.05, 4.69) is 62.7 Å². The lowest BCUT2D eigenvalue weighted by atomic mass is 10.2. The first-order chi connectivity index (χ1) is 29.8. The Hall–Kier alpha value is -4.70. The van der Waals surface area contributed by atoms with Gasteiger partial charge in [-0.1, -0.05) is 53.3 Å². The second-order valence-electron chi connectivity index (χ2n) is 15.2. The van der Waals surface area contributed by atoms with Crippen molar-refractivity contribution in [3.05, 3.63) is 92.9 Å². The molecule has 4 N–H and O–H groups in total. The lowest BCUT2D eigenvalue weighted by molar-refractivity contribution is 0.248. The first-order valence-corrected chi connectivity index (χ1v) is 22.4. The van der Waals surface area contributed by atoms with Gasteiger partial charge in [0.25, 0.3) is 0 Å². The number of nitrogens with one attached hydrogen (secondary N) is 4. The van der Waals surface area contributed by atoms with Crippen LogP contribution in [0.15, 0.2) is 67.0 Å². The molecule has 0 aliphatic carbocycles. The predicted octanol–water partition coefficient (Wildman–Crippen LogP) is 8.27. The van der Waals surface area contributed by atoms with Gasteiger partial charge in [0.1, 0.15) is 21.9 Å².